The second kappa shape index (κ2) is 8.36. The molecule has 0 radical (unpaired) electrons. The lowest BCUT2D eigenvalue weighted by Gasteiger charge is -2.27. The lowest BCUT2D eigenvalue weighted by molar-refractivity contribution is -0.139. The zero-order valence-corrected chi connectivity index (χ0v) is 12.9. The van der Waals surface area contributed by atoms with Gasteiger partial charge in [-0.2, -0.15) is 11.8 Å². The van der Waals surface area contributed by atoms with Crippen LogP contribution in [0.3, 0.4) is 0 Å². The van der Waals surface area contributed by atoms with Crippen molar-refractivity contribution >= 4 is 23.8 Å². The molecule has 116 valence electrons. The average Bonchev–Trinajstić information content (AvgIpc) is 2.90. The Kier molecular flexibility index (Phi) is 7.15. The second-order valence-electron chi connectivity index (χ2n) is 5.11. The molecule has 1 atom stereocenters. The lowest BCUT2D eigenvalue weighted by Crippen LogP contribution is -2.45. The fourth-order valence-electron chi connectivity index (χ4n) is 2.42. The fraction of sp³-hybridized carbons (Fsp3) is 0.846. The molecule has 7 heteroatoms. The van der Waals surface area contributed by atoms with Crippen molar-refractivity contribution in [2.75, 3.05) is 26.5 Å². The van der Waals surface area contributed by atoms with Gasteiger partial charge in [-0.1, -0.05) is 12.8 Å². The van der Waals surface area contributed by atoms with Gasteiger partial charge in [0.15, 0.2) is 0 Å². The zero-order valence-electron chi connectivity index (χ0n) is 12.1. The molecule has 1 fully saturated rings. The zero-order chi connectivity index (χ0) is 15.0. The topological polar surface area (TPSA) is 87.7 Å². The summed E-state index contributed by atoms with van der Waals surface area (Å²) in [5, 5.41) is 14.2. The minimum absolute atomic E-state index is 0.120. The first kappa shape index (κ1) is 17.1. The van der Waals surface area contributed by atoms with Gasteiger partial charge >= 0.3 is 12.0 Å². The van der Waals surface area contributed by atoms with Gasteiger partial charge in [-0.25, -0.2) is 4.79 Å². The highest BCUT2D eigenvalue weighted by molar-refractivity contribution is 8.00. The molecule has 1 rings (SSSR count). The molecule has 1 unspecified atom stereocenters. The number of carbonyl (C=O) groups excluding carboxylic acids is 1. The Balaban J connectivity index is 2.27. The van der Waals surface area contributed by atoms with E-state index in [1.165, 1.54) is 20.0 Å². The van der Waals surface area contributed by atoms with Crippen LogP contribution in [0.1, 0.15) is 32.1 Å². The normalized spacial score (nSPS) is 18.5. The quantitative estimate of drug-likeness (QED) is 0.632. The van der Waals surface area contributed by atoms with Crippen LogP contribution in [0.4, 0.5) is 4.79 Å². The van der Waals surface area contributed by atoms with E-state index in [0.29, 0.717) is 6.54 Å². The van der Waals surface area contributed by atoms with E-state index in [9.17, 15) is 9.59 Å². The molecular weight excluding hydrogens is 280 g/mol. The van der Waals surface area contributed by atoms with Crippen LogP contribution in [0.2, 0.25) is 0 Å². The first-order chi connectivity index (χ1) is 9.51. The molecule has 0 heterocycles. The molecule has 0 aliphatic heterocycles. The number of nitrogens with one attached hydrogen (secondary N) is 2. The van der Waals surface area contributed by atoms with E-state index in [0.717, 1.165) is 12.8 Å². The highest BCUT2D eigenvalue weighted by atomic mass is 32.2. The lowest BCUT2D eigenvalue weighted by atomic mass is 10.1. The number of amides is 2. The van der Waals surface area contributed by atoms with Crippen molar-refractivity contribution in [3.8, 4) is 0 Å². The Morgan fingerprint density at radius 1 is 1.35 bits per heavy atom. The summed E-state index contributed by atoms with van der Waals surface area (Å²) >= 11 is 1.81. The summed E-state index contributed by atoms with van der Waals surface area (Å²) in [5.41, 5.74) is 0. The van der Waals surface area contributed by atoms with Gasteiger partial charge in [-0.15, -0.1) is 0 Å². The van der Waals surface area contributed by atoms with Crippen molar-refractivity contribution < 1.29 is 19.4 Å². The third kappa shape index (κ3) is 5.58. The molecule has 0 spiro atoms. The minimum atomic E-state index is -0.939. The molecule has 0 aromatic carbocycles. The van der Waals surface area contributed by atoms with E-state index >= 15 is 0 Å². The summed E-state index contributed by atoms with van der Waals surface area (Å²) in [6.45, 7) is 0.845. The maximum atomic E-state index is 11.7. The van der Waals surface area contributed by atoms with Crippen molar-refractivity contribution in [2.45, 2.75) is 43.0 Å². The predicted octanol–water partition coefficient (Wildman–Crippen LogP) is 1.45. The summed E-state index contributed by atoms with van der Waals surface area (Å²) in [4.78, 5) is 22.3. The molecule has 0 aromatic heterocycles. The Hall–Kier alpha value is -0.950. The van der Waals surface area contributed by atoms with E-state index in [4.69, 9.17) is 9.84 Å². The number of carbonyl (C=O) groups is 2. The Labute approximate surface area is 124 Å². The number of methoxy groups -OCH3 is 1. The SMILES string of the molecule is COC(CNC(=O)NCC1(SC)CCCC1)CC(=O)O. The van der Waals surface area contributed by atoms with Gasteiger partial charge in [0.05, 0.1) is 12.5 Å². The number of hydrogen-bond donors (Lipinski definition) is 3. The van der Waals surface area contributed by atoms with Crippen molar-refractivity contribution in [1.29, 1.82) is 0 Å². The Bertz CT molecular complexity index is 332. The number of thioether (sulfide) groups is 1. The monoisotopic (exact) mass is 304 g/mol. The minimum Gasteiger partial charge on any atom is -0.481 e. The smallest absolute Gasteiger partial charge is 0.314 e. The van der Waals surface area contributed by atoms with Gasteiger partial charge in [-0.05, 0) is 19.1 Å². The van der Waals surface area contributed by atoms with E-state index in [2.05, 4.69) is 16.9 Å². The standard InChI is InChI=1S/C13H24N2O4S/c1-19-10(7-11(16)17)8-14-12(18)15-9-13(20-2)5-3-4-6-13/h10H,3-9H2,1-2H3,(H,16,17)(H2,14,15,18). The number of carboxylic acid groups (broad SMARTS) is 1. The number of carboxylic acids is 1. The van der Waals surface area contributed by atoms with Gasteiger partial charge in [0.1, 0.15) is 0 Å². The third-order valence-corrected chi connectivity index (χ3v) is 5.16. The molecule has 1 aliphatic rings. The maximum absolute atomic E-state index is 11.7. The second-order valence-corrected chi connectivity index (χ2v) is 6.39. The molecule has 0 saturated heterocycles. The van der Waals surface area contributed by atoms with Crippen LogP contribution in [0.25, 0.3) is 0 Å². The third-order valence-electron chi connectivity index (χ3n) is 3.74. The molecule has 0 aromatic rings. The van der Waals surface area contributed by atoms with Gasteiger partial charge in [0, 0.05) is 24.9 Å². The molecule has 2 amide bonds. The number of hydrogen-bond acceptors (Lipinski definition) is 4. The molecule has 6 nitrogen and oxygen atoms in total. The van der Waals surface area contributed by atoms with E-state index < -0.39 is 12.1 Å². The predicted molar refractivity (Wildman–Crippen MR) is 79.2 cm³/mol. The Morgan fingerprint density at radius 2 is 2.00 bits per heavy atom. The molecule has 20 heavy (non-hydrogen) atoms. The molecule has 3 N–H and O–H groups in total. The van der Waals surface area contributed by atoms with Crippen molar-refractivity contribution in [3.05, 3.63) is 0 Å². The van der Waals surface area contributed by atoms with Crippen LogP contribution in [0.15, 0.2) is 0 Å². The molecular formula is C13H24N2O4S. The highest BCUT2D eigenvalue weighted by Crippen LogP contribution is 2.39. The van der Waals surface area contributed by atoms with Gasteiger partial charge < -0.3 is 20.5 Å². The van der Waals surface area contributed by atoms with Gasteiger partial charge in [0.25, 0.3) is 0 Å². The average molecular weight is 304 g/mol. The van der Waals surface area contributed by atoms with Gasteiger partial charge in [0.2, 0.25) is 0 Å². The summed E-state index contributed by atoms with van der Waals surface area (Å²) in [7, 11) is 1.44. The summed E-state index contributed by atoms with van der Waals surface area (Å²) < 4.78 is 5.17. The number of urea groups is 1. The number of rotatable bonds is 8. The summed E-state index contributed by atoms with van der Waals surface area (Å²) in [6.07, 6.45) is 6.16. The highest BCUT2D eigenvalue weighted by Gasteiger charge is 2.33. The van der Waals surface area contributed by atoms with Crippen molar-refractivity contribution in [2.24, 2.45) is 0 Å². The summed E-state index contributed by atoms with van der Waals surface area (Å²) in [5.74, 6) is -0.939. The van der Waals surface area contributed by atoms with Crippen LogP contribution < -0.4 is 10.6 Å². The summed E-state index contributed by atoms with van der Waals surface area (Å²) in [6, 6.07) is -0.266. The van der Waals surface area contributed by atoms with Crippen LogP contribution in [-0.4, -0.2) is 54.4 Å². The van der Waals surface area contributed by atoms with Crippen LogP contribution in [-0.2, 0) is 9.53 Å². The molecule has 0 bridgehead atoms. The van der Waals surface area contributed by atoms with Crippen LogP contribution in [0.5, 0.6) is 0 Å². The Morgan fingerprint density at radius 3 is 2.50 bits per heavy atom. The van der Waals surface area contributed by atoms with E-state index in [1.54, 1.807) is 0 Å². The maximum Gasteiger partial charge on any atom is 0.314 e. The molecule has 1 aliphatic carbocycles. The molecule has 1 saturated carbocycles. The van der Waals surface area contributed by atoms with Gasteiger partial charge in [-0.3, -0.25) is 4.79 Å². The van der Waals surface area contributed by atoms with Crippen LogP contribution >= 0.6 is 11.8 Å². The van der Waals surface area contributed by atoms with Crippen molar-refractivity contribution in [1.82, 2.24) is 10.6 Å². The van der Waals surface area contributed by atoms with E-state index in [-0.39, 0.29) is 23.7 Å². The fourth-order valence-corrected chi connectivity index (χ4v) is 3.33. The first-order valence-corrected chi connectivity index (χ1v) is 8.05. The number of ether oxygens (including phenoxy) is 1. The van der Waals surface area contributed by atoms with Crippen molar-refractivity contribution in [3.63, 3.8) is 0 Å². The van der Waals surface area contributed by atoms with Crippen LogP contribution in [0, 0.1) is 0 Å². The number of aliphatic carboxylic acids is 1. The first-order valence-electron chi connectivity index (χ1n) is 6.83. The van der Waals surface area contributed by atoms with E-state index in [1.807, 2.05) is 11.8 Å². The largest absolute Gasteiger partial charge is 0.481 e.